The lowest BCUT2D eigenvalue weighted by Gasteiger charge is -2.09. The van der Waals surface area contributed by atoms with Crippen molar-refractivity contribution in [3.8, 4) is 0 Å². The molecule has 1 fully saturated rings. The Balaban J connectivity index is 2.33. The summed E-state index contributed by atoms with van der Waals surface area (Å²) in [6.45, 7) is -0.109. The first-order chi connectivity index (χ1) is 6.38. The van der Waals surface area contributed by atoms with Gasteiger partial charge in [-0.05, 0) is 12.8 Å². The molecule has 0 unspecified atom stereocenters. The first-order valence-electron chi connectivity index (χ1n) is 4.11. The molecular formula is C7H12O6S. The minimum atomic E-state index is -3.48. The molecule has 1 aliphatic heterocycles. The SMILES string of the molecule is CS(=O)(=O)OC[C@@H]1CC[C@@H](C(=O)O)O1. The van der Waals surface area contributed by atoms with E-state index < -0.39 is 28.3 Å². The zero-order valence-corrected chi connectivity index (χ0v) is 8.49. The molecule has 1 rings (SSSR count). The number of aliphatic carboxylic acids is 1. The monoisotopic (exact) mass is 224 g/mol. The summed E-state index contributed by atoms with van der Waals surface area (Å²) in [6, 6.07) is 0. The van der Waals surface area contributed by atoms with E-state index >= 15 is 0 Å². The number of carboxylic acids is 1. The molecule has 0 aromatic heterocycles. The number of rotatable bonds is 4. The second-order valence-corrected chi connectivity index (χ2v) is 4.79. The molecule has 0 aliphatic carbocycles. The maximum Gasteiger partial charge on any atom is 0.332 e. The Morgan fingerprint density at radius 2 is 2.21 bits per heavy atom. The second kappa shape index (κ2) is 4.24. The van der Waals surface area contributed by atoms with Gasteiger partial charge in [-0.25, -0.2) is 4.79 Å². The molecule has 0 aromatic carbocycles. The van der Waals surface area contributed by atoms with Crippen LogP contribution in [0.25, 0.3) is 0 Å². The van der Waals surface area contributed by atoms with Crippen molar-refractivity contribution in [2.45, 2.75) is 25.0 Å². The molecule has 1 aliphatic rings. The van der Waals surface area contributed by atoms with Gasteiger partial charge in [0.05, 0.1) is 19.0 Å². The summed E-state index contributed by atoms with van der Waals surface area (Å²) in [5.74, 6) is -1.02. The number of hydrogen-bond donors (Lipinski definition) is 1. The van der Waals surface area contributed by atoms with Crippen LogP contribution in [-0.2, 0) is 23.8 Å². The maximum absolute atomic E-state index is 10.6. The summed E-state index contributed by atoms with van der Waals surface area (Å²) in [7, 11) is -3.48. The van der Waals surface area contributed by atoms with Gasteiger partial charge in [0.25, 0.3) is 10.1 Å². The van der Waals surface area contributed by atoms with E-state index in [9.17, 15) is 13.2 Å². The van der Waals surface area contributed by atoms with Gasteiger partial charge >= 0.3 is 5.97 Å². The molecule has 1 saturated heterocycles. The summed E-state index contributed by atoms with van der Waals surface area (Å²) in [5, 5.41) is 8.58. The van der Waals surface area contributed by atoms with Crippen LogP contribution in [0.4, 0.5) is 0 Å². The third-order valence-corrected chi connectivity index (χ3v) is 2.42. The van der Waals surface area contributed by atoms with Crippen LogP contribution in [0.5, 0.6) is 0 Å². The quantitative estimate of drug-likeness (QED) is 0.653. The minimum absolute atomic E-state index is 0.109. The Morgan fingerprint density at radius 1 is 1.57 bits per heavy atom. The molecule has 14 heavy (non-hydrogen) atoms. The molecule has 2 atom stereocenters. The predicted octanol–water partition coefficient (Wildman–Crippen LogP) is -0.405. The van der Waals surface area contributed by atoms with Crippen LogP contribution in [0.2, 0.25) is 0 Å². The van der Waals surface area contributed by atoms with Crippen LogP contribution in [0.3, 0.4) is 0 Å². The third-order valence-electron chi connectivity index (χ3n) is 1.85. The van der Waals surface area contributed by atoms with Crippen LogP contribution < -0.4 is 0 Å². The largest absolute Gasteiger partial charge is 0.479 e. The van der Waals surface area contributed by atoms with Gasteiger partial charge in [0, 0.05) is 0 Å². The van der Waals surface area contributed by atoms with E-state index in [0.29, 0.717) is 12.8 Å². The Bertz CT molecular complexity index is 308. The highest BCUT2D eigenvalue weighted by molar-refractivity contribution is 7.85. The molecule has 0 saturated carbocycles. The molecule has 0 spiro atoms. The molecule has 0 bridgehead atoms. The van der Waals surface area contributed by atoms with Gasteiger partial charge in [0.2, 0.25) is 0 Å². The molecule has 0 radical (unpaired) electrons. The van der Waals surface area contributed by atoms with Gasteiger partial charge in [0.15, 0.2) is 6.10 Å². The Labute approximate surface area is 81.9 Å². The highest BCUT2D eigenvalue weighted by Gasteiger charge is 2.31. The van der Waals surface area contributed by atoms with E-state index in [-0.39, 0.29) is 6.61 Å². The van der Waals surface area contributed by atoms with Crippen molar-refractivity contribution in [1.29, 1.82) is 0 Å². The molecule has 7 heteroatoms. The average molecular weight is 224 g/mol. The zero-order valence-electron chi connectivity index (χ0n) is 7.67. The highest BCUT2D eigenvalue weighted by Crippen LogP contribution is 2.20. The molecule has 0 amide bonds. The fourth-order valence-electron chi connectivity index (χ4n) is 1.21. The highest BCUT2D eigenvalue weighted by atomic mass is 32.2. The van der Waals surface area contributed by atoms with E-state index in [0.717, 1.165) is 6.26 Å². The molecule has 1 heterocycles. The van der Waals surface area contributed by atoms with Gasteiger partial charge in [-0.3, -0.25) is 4.18 Å². The van der Waals surface area contributed by atoms with Crippen molar-refractivity contribution < 1.29 is 27.2 Å². The summed E-state index contributed by atoms with van der Waals surface area (Å²) >= 11 is 0. The maximum atomic E-state index is 10.6. The van der Waals surface area contributed by atoms with Crippen molar-refractivity contribution >= 4 is 16.1 Å². The van der Waals surface area contributed by atoms with E-state index in [1.807, 2.05) is 0 Å². The average Bonchev–Trinajstić information content (AvgIpc) is 2.47. The van der Waals surface area contributed by atoms with Gasteiger partial charge in [-0.15, -0.1) is 0 Å². The van der Waals surface area contributed by atoms with Crippen LogP contribution >= 0.6 is 0 Å². The number of carboxylic acid groups (broad SMARTS) is 1. The third kappa shape index (κ3) is 3.60. The van der Waals surface area contributed by atoms with Crippen molar-refractivity contribution in [3.05, 3.63) is 0 Å². The van der Waals surface area contributed by atoms with Gasteiger partial charge < -0.3 is 9.84 Å². The summed E-state index contributed by atoms with van der Waals surface area (Å²) in [4.78, 5) is 10.5. The topological polar surface area (TPSA) is 89.9 Å². The van der Waals surface area contributed by atoms with Crippen molar-refractivity contribution in [1.82, 2.24) is 0 Å². The first-order valence-corrected chi connectivity index (χ1v) is 5.93. The van der Waals surface area contributed by atoms with E-state index in [2.05, 4.69) is 4.18 Å². The molecule has 6 nitrogen and oxygen atoms in total. The summed E-state index contributed by atoms with van der Waals surface area (Å²) in [5.41, 5.74) is 0. The van der Waals surface area contributed by atoms with Crippen LogP contribution in [0.15, 0.2) is 0 Å². The normalized spacial score (nSPS) is 27.8. The number of carbonyl (C=O) groups is 1. The fourth-order valence-corrected chi connectivity index (χ4v) is 1.61. The summed E-state index contributed by atoms with van der Waals surface area (Å²) in [6.07, 6.45) is 0.574. The number of ether oxygens (including phenoxy) is 1. The molecule has 82 valence electrons. The summed E-state index contributed by atoms with van der Waals surface area (Å²) < 4.78 is 30.7. The van der Waals surface area contributed by atoms with E-state index in [4.69, 9.17) is 9.84 Å². The Kier molecular flexibility index (Phi) is 3.46. The van der Waals surface area contributed by atoms with Crippen LogP contribution in [0.1, 0.15) is 12.8 Å². The smallest absolute Gasteiger partial charge is 0.332 e. The van der Waals surface area contributed by atoms with E-state index in [1.54, 1.807) is 0 Å². The van der Waals surface area contributed by atoms with Gasteiger partial charge in [-0.1, -0.05) is 0 Å². The lowest BCUT2D eigenvalue weighted by atomic mass is 10.2. The lowest BCUT2D eigenvalue weighted by Crippen LogP contribution is -2.23. The Morgan fingerprint density at radius 3 is 2.64 bits per heavy atom. The van der Waals surface area contributed by atoms with Crippen LogP contribution in [-0.4, -0.2) is 44.6 Å². The van der Waals surface area contributed by atoms with Crippen molar-refractivity contribution in [2.24, 2.45) is 0 Å². The lowest BCUT2D eigenvalue weighted by molar-refractivity contribution is -0.149. The minimum Gasteiger partial charge on any atom is -0.479 e. The van der Waals surface area contributed by atoms with E-state index in [1.165, 1.54) is 0 Å². The number of hydrogen-bond acceptors (Lipinski definition) is 5. The predicted molar refractivity (Wildman–Crippen MR) is 46.3 cm³/mol. The molecule has 0 aromatic rings. The van der Waals surface area contributed by atoms with Crippen molar-refractivity contribution in [3.63, 3.8) is 0 Å². The van der Waals surface area contributed by atoms with Gasteiger partial charge in [0.1, 0.15) is 0 Å². The Hall–Kier alpha value is -0.660. The zero-order chi connectivity index (χ0) is 10.8. The van der Waals surface area contributed by atoms with Crippen LogP contribution in [0, 0.1) is 0 Å². The standard InChI is InChI=1S/C7H12O6S/c1-14(10,11)12-4-5-2-3-6(13-5)7(8)9/h5-6H,2-4H2,1H3,(H,8,9)/t5-,6-/m0/s1. The molecule has 1 N–H and O–H groups in total. The second-order valence-electron chi connectivity index (χ2n) is 3.15. The molecular weight excluding hydrogens is 212 g/mol. The fraction of sp³-hybridized carbons (Fsp3) is 0.857. The van der Waals surface area contributed by atoms with Crippen molar-refractivity contribution in [2.75, 3.05) is 12.9 Å². The van der Waals surface area contributed by atoms with Gasteiger partial charge in [-0.2, -0.15) is 8.42 Å². The first kappa shape index (κ1) is 11.4.